The highest BCUT2D eigenvalue weighted by atomic mass is 35.5. The van der Waals surface area contributed by atoms with Crippen molar-refractivity contribution in [2.45, 2.75) is 63.5 Å². The van der Waals surface area contributed by atoms with Gasteiger partial charge in [0.25, 0.3) is 5.56 Å². The summed E-state index contributed by atoms with van der Waals surface area (Å²) in [6.45, 7) is 3.64. The van der Waals surface area contributed by atoms with Gasteiger partial charge in [0.15, 0.2) is 0 Å². The Balaban J connectivity index is 1.28. The second-order valence-electron chi connectivity index (χ2n) is 10.9. The molecule has 2 aliphatic carbocycles. The van der Waals surface area contributed by atoms with Crippen LogP contribution in [0.4, 0.5) is 0 Å². The molecule has 1 N–H and O–H groups in total. The molecule has 1 aliphatic heterocycles. The van der Waals surface area contributed by atoms with Crippen LogP contribution in [-0.4, -0.2) is 46.0 Å². The summed E-state index contributed by atoms with van der Waals surface area (Å²) in [5, 5.41) is 4.14. The molecule has 2 saturated carbocycles. The van der Waals surface area contributed by atoms with E-state index in [1.807, 2.05) is 24.3 Å². The van der Waals surface area contributed by atoms with Crippen LogP contribution in [0.3, 0.4) is 0 Å². The van der Waals surface area contributed by atoms with Crippen LogP contribution in [0.25, 0.3) is 22.3 Å². The minimum atomic E-state index is -0.174. The summed E-state index contributed by atoms with van der Waals surface area (Å²) < 4.78 is 1.51. The van der Waals surface area contributed by atoms with Gasteiger partial charge in [0.1, 0.15) is 12.4 Å². The van der Waals surface area contributed by atoms with E-state index in [1.54, 1.807) is 12.1 Å². The number of hydrogen-bond acceptors (Lipinski definition) is 4. The molecule has 2 aromatic carbocycles. The Morgan fingerprint density at radius 2 is 1.86 bits per heavy atom. The first kappa shape index (κ1) is 23.7. The number of halogens is 1. The number of amides is 1. The van der Waals surface area contributed by atoms with Gasteiger partial charge >= 0.3 is 0 Å². The van der Waals surface area contributed by atoms with E-state index in [4.69, 9.17) is 16.6 Å². The van der Waals surface area contributed by atoms with Crippen LogP contribution in [-0.2, 0) is 11.3 Å². The minimum absolute atomic E-state index is 0.0499. The maximum absolute atomic E-state index is 13.8. The predicted molar refractivity (Wildman–Crippen MR) is 143 cm³/mol. The van der Waals surface area contributed by atoms with E-state index < -0.39 is 0 Å². The molecule has 1 saturated heterocycles. The molecule has 0 bridgehead atoms. The van der Waals surface area contributed by atoms with Gasteiger partial charge in [-0.25, -0.2) is 4.98 Å². The van der Waals surface area contributed by atoms with Crippen LogP contribution in [0.1, 0.15) is 56.4 Å². The first-order valence-electron chi connectivity index (χ1n) is 13.4. The zero-order chi connectivity index (χ0) is 24.6. The van der Waals surface area contributed by atoms with E-state index in [0.29, 0.717) is 27.7 Å². The van der Waals surface area contributed by atoms with Crippen LogP contribution in [0.15, 0.2) is 47.3 Å². The third-order valence-corrected chi connectivity index (χ3v) is 8.21. The lowest BCUT2D eigenvalue weighted by Gasteiger charge is -2.40. The first-order chi connectivity index (χ1) is 17.5. The van der Waals surface area contributed by atoms with Gasteiger partial charge in [0.2, 0.25) is 5.91 Å². The molecule has 188 valence electrons. The van der Waals surface area contributed by atoms with E-state index in [2.05, 4.69) is 16.3 Å². The summed E-state index contributed by atoms with van der Waals surface area (Å²) in [6, 6.07) is 13.6. The van der Waals surface area contributed by atoms with Crippen LogP contribution >= 0.6 is 11.6 Å². The van der Waals surface area contributed by atoms with Gasteiger partial charge in [-0.15, -0.1) is 0 Å². The van der Waals surface area contributed by atoms with Gasteiger partial charge in [0, 0.05) is 23.2 Å². The number of rotatable bonds is 7. The van der Waals surface area contributed by atoms with Crippen LogP contribution in [0, 0.1) is 5.92 Å². The largest absolute Gasteiger partial charge is 0.352 e. The first-order valence-corrected chi connectivity index (χ1v) is 13.7. The Morgan fingerprint density at radius 3 is 2.61 bits per heavy atom. The zero-order valence-electron chi connectivity index (χ0n) is 20.6. The van der Waals surface area contributed by atoms with Crippen molar-refractivity contribution in [1.29, 1.82) is 0 Å². The molecule has 3 fully saturated rings. The lowest BCUT2D eigenvalue weighted by Crippen LogP contribution is -2.38. The molecular weight excluding hydrogens is 472 g/mol. The number of benzene rings is 2. The average molecular weight is 505 g/mol. The summed E-state index contributed by atoms with van der Waals surface area (Å²) in [7, 11) is 0. The van der Waals surface area contributed by atoms with Crippen molar-refractivity contribution in [2.24, 2.45) is 5.92 Å². The Hall–Kier alpha value is -2.70. The number of carbonyl (C=O) groups is 1. The molecular formula is C29H33ClN4O2. The zero-order valence-corrected chi connectivity index (χ0v) is 21.3. The highest BCUT2D eigenvalue weighted by Gasteiger charge is 2.32. The maximum atomic E-state index is 13.8. The molecule has 7 heteroatoms. The highest BCUT2D eigenvalue weighted by molar-refractivity contribution is 6.30. The van der Waals surface area contributed by atoms with Gasteiger partial charge in [0.05, 0.1) is 10.9 Å². The topological polar surface area (TPSA) is 67.2 Å². The SMILES string of the molecule is O=C(Cn1c(-c2cccc(Cl)c2)nc2ccc([C@H]3C[C@H](CN4CCCCC4)C3)cc2c1=O)NC1CC1. The van der Waals surface area contributed by atoms with Crippen molar-refractivity contribution >= 4 is 28.4 Å². The average Bonchev–Trinajstić information content (AvgIpc) is 3.67. The number of likely N-dealkylation sites (tertiary alicyclic amines) is 1. The van der Waals surface area contributed by atoms with Crippen molar-refractivity contribution < 1.29 is 4.79 Å². The van der Waals surface area contributed by atoms with Crippen molar-refractivity contribution in [1.82, 2.24) is 19.8 Å². The second-order valence-corrected chi connectivity index (χ2v) is 11.3. The molecule has 0 unspecified atom stereocenters. The minimum Gasteiger partial charge on any atom is -0.352 e. The molecule has 2 heterocycles. The molecule has 1 amide bonds. The van der Waals surface area contributed by atoms with Crippen LogP contribution < -0.4 is 10.9 Å². The van der Waals surface area contributed by atoms with Gasteiger partial charge in [-0.05, 0) is 93.3 Å². The van der Waals surface area contributed by atoms with E-state index >= 15 is 0 Å². The third kappa shape index (κ3) is 5.07. The maximum Gasteiger partial charge on any atom is 0.262 e. The summed E-state index contributed by atoms with van der Waals surface area (Å²) in [5.74, 6) is 1.55. The Bertz CT molecular complexity index is 1340. The molecule has 0 spiro atoms. The molecule has 36 heavy (non-hydrogen) atoms. The van der Waals surface area contributed by atoms with Crippen molar-refractivity contribution in [3.8, 4) is 11.4 Å². The number of aromatic nitrogens is 2. The Morgan fingerprint density at radius 1 is 1.06 bits per heavy atom. The Labute approximate surface area is 216 Å². The van der Waals surface area contributed by atoms with E-state index in [9.17, 15) is 9.59 Å². The number of nitrogens with zero attached hydrogens (tertiary/aromatic N) is 3. The second kappa shape index (κ2) is 9.98. The molecule has 0 radical (unpaired) electrons. The summed E-state index contributed by atoms with van der Waals surface area (Å²) in [5.41, 5.74) is 2.42. The number of fused-ring (bicyclic) bond motifs is 1. The summed E-state index contributed by atoms with van der Waals surface area (Å²) >= 11 is 6.24. The van der Waals surface area contributed by atoms with Crippen molar-refractivity contribution in [2.75, 3.05) is 19.6 Å². The van der Waals surface area contributed by atoms with Crippen LogP contribution in [0.5, 0.6) is 0 Å². The fourth-order valence-electron chi connectivity index (χ4n) is 5.80. The van der Waals surface area contributed by atoms with E-state index in [0.717, 1.165) is 24.3 Å². The molecule has 3 aromatic rings. The molecule has 0 atom stereocenters. The monoisotopic (exact) mass is 504 g/mol. The Kier molecular flexibility index (Phi) is 6.57. The lowest BCUT2D eigenvalue weighted by atomic mass is 9.71. The molecule has 3 aliphatic rings. The quantitative estimate of drug-likeness (QED) is 0.493. The number of nitrogens with one attached hydrogen (secondary N) is 1. The van der Waals surface area contributed by atoms with Gasteiger partial charge in [-0.2, -0.15) is 0 Å². The summed E-state index contributed by atoms with van der Waals surface area (Å²) in [6.07, 6.45) is 8.38. The molecule has 6 nitrogen and oxygen atoms in total. The number of hydrogen-bond donors (Lipinski definition) is 1. The van der Waals surface area contributed by atoms with E-state index in [1.165, 1.54) is 61.9 Å². The molecule has 6 rings (SSSR count). The van der Waals surface area contributed by atoms with Crippen molar-refractivity contribution in [3.63, 3.8) is 0 Å². The number of piperidine rings is 1. The predicted octanol–water partition coefficient (Wildman–Crippen LogP) is 4.98. The van der Waals surface area contributed by atoms with E-state index in [-0.39, 0.29) is 24.1 Å². The van der Waals surface area contributed by atoms with Gasteiger partial charge in [-0.3, -0.25) is 14.2 Å². The highest BCUT2D eigenvalue weighted by Crippen LogP contribution is 2.42. The molecule has 1 aromatic heterocycles. The number of carbonyl (C=O) groups excluding carboxylic acids is 1. The normalized spacial score (nSPS) is 22.4. The smallest absolute Gasteiger partial charge is 0.262 e. The lowest BCUT2D eigenvalue weighted by molar-refractivity contribution is -0.121. The summed E-state index contributed by atoms with van der Waals surface area (Å²) in [4.78, 5) is 33.9. The fourth-order valence-corrected chi connectivity index (χ4v) is 5.99. The van der Waals surface area contributed by atoms with Crippen LogP contribution in [0.2, 0.25) is 5.02 Å². The third-order valence-electron chi connectivity index (χ3n) is 7.98. The van der Waals surface area contributed by atoms with Gasteiger partial charge < -0.3 is 10.2 Å². The fraction of sp³-hybridized carbons (Fsp3) is 0.483. The van der Waals surface area contributed by atoms with Gasteiger partial charge in [-0.1, -0.05) is 36.2 Å². The standard InChI is InChI=1S/C29H33ClN4O2/c30-23-6-4-5-21(15-23)28-32-26-10-7-20(22-13-19(14-22)17-33-11-2-1-3-12-33)16-25(26)29(36)34(28)18-27(35)31-24-8-9-24/h4-7,10,15-16,19,22,24H,1-3,8-9,11-14,17-18H2,(H,31,35)/t19-,22-. The van der Waals surface area contributed by atoms with Crippen molar-refractivity contribution in [3.05, 3.63) is 63.4 Å².